The van der Waals surface area contributed by atoms with Crippen LogP contribution in [0.4, 0.5) is 13.2 Å². The summed E-state index contributed by atoms with van der Waals surface area (Å²) < 4.78 is 42.7. The Balaban J connectivity index is 1.58. The van der Waals surface area contributed by atoms with Crippen molar-refractivity contribution in [1.29, 1.82) is 0 Å². The highest BCUT2D eigenvalue weighted by Gasteiger charge is 2.30. The lowest BCUT2D eigenvalue weighted by Crippen LogP contribution is -2.37. The summed E-state index contributed by atoms with van der Waals surface area (Å²) in [7, 11) is 1.87. The quantitative estimate of drug-likeness (QED) is 0.697. The van der Waals surface area contributed by atoms with Gasteiger partial charge in [0.25, 0.3) is 0 Å². The highest BCUT2D eigenvalue weighted by Crippen LogP contribution is 2.29. The molecule has 0 aliphatic carbocycles. The Labute approximate surface area is 152 Å². The number of nitrogens with zero attached hydrogens (tertiary/aromatic N) is 6. The molecule has 0 fully saturated rings. The van der Waals surface area contributed by atoms with Gasteiger partial charge in [0.1, 0.15) is 5.82 Å². The van der Waals surface area contributed by atoms with Crippen LogP contribution in [0.25, 0.3) is 5.69 Å². The minimum absolute atomic E-state index is 0.313. The maximum absolute atomic E-state index is 12.7. The van der Waals surface area contributed by atoms with E-state index in [0.29, 0.717) is 37.7 Å². The molecular formula is C17H17F3N6O. The zero-order valence-corrected chi connectivity index (χ0v) is 14.5. The van der Waals surface area contributed by atoms with Crippen LogP contribution >= 0.6 is 0 Å². The number of aromatic nitrogens is 5. The van der Waals surface area contributed by atoms with Crippen LogP contribution in [0.2, 0.25) is 0 Å². The lowest BCUT2D eigenvalue weighted by Gasteiger charge is -2.26. The van der Waals surface area contributed by atoms with Gasteiger partial charge in [0.15, 0.2) is 0 Å². The maximum atomic E-state index is 12.7. The van der Waals surface area contributed by atoms with Crippen molar-refractivity contribution in [3.8, 4) is 5.69 Å². The Morgan fingerprint density at radius 2 is 1.85 bits per heavy atom. The third-order valence-electron chi connectivity index (χ3n) is 4.69. The highest BCUT2D eigenvalue weighted by molar-refractivity contribution is 5.34. The summed E-state index contributed by atoms with van der Waals surface area (Å²) in [6.07, 6.45) is -2.68. The number of halogens is 3. The largest absolute Gasteiger partial charge is 0.416 e. The van der Waals surface area contributed by atoms with Crippen LogP contribution in [-0.4, -0.2) is 35.6 Å². The number of fused-ring (bicyclic) bond motifs is 1. The molecule has 3 aromatic rings. The molecule has 0 saturated heterocycles. The van der Waals surface area contributed by atoms with Crippen molar-refractivity contribution in [1.82, 2.24) is 29.0 Å². The number of aryl methyl sites for hydroxylation is 1. The van der Waals surface area contributed by atoms with E-state index >= 15 is 0 Å². The van der Waals surface area contributed by atoms with E-state index in [4.69, 9.17) is 0 Å². The molecule has 0 bridgehead atoms. The molecule has 1 aromatic carbocycles. The molecule has 10 heteroatoms. The second-order valence-corrected chi connectivity index (χ2v) is 6.46. The second kappa shape index (κ2) is 6.38. The van der Waals surface area contributed by atoms with E-state index < -0.39 is 11.7 Å². The van der Waals surface area contributed by atoms with E-state index in [0.717, 1.165) is 22.5 Å². The summed E-state index contributed by atoms with van der Waals surface area (Å²) in [6.45, 7) is 2.31. The summed E-state index contributed by atoms with van der Waals surface area (Å²) in [5.41, 5.74) is 0.261. The Morgan fingerprint density at radius 1 is 1.11 bits per heavy atom. The summed E-state index contributed by atoms with van der Waals surface area (Å²) in [4.78, 5) is 14.7. The third-order valence-corrected chi connectivity index (χ3v) is 4.69. The molecule has 0 saturated carbocycles. The standard InChI is InChI=1S/C17H17F3N6O/c1-23-14(6-7-21-23)10-24-8-9-25-15(11-24)22-26(16(25)27)13-4-2-12(3-5-13)17(18,19)20/h2-7H,8-11H2,1H3. The van der Waals surface area contributed by atoms with Crippen LogP contribution in [0.3, 0.4) is 0 Å². The summed E-state index contributed by atoms with van der Waals surface area (Å²) in [5, 5.41) is 8.48. The van der Waals surface area contributed by atoms with Crippen molar-refractivity contribution in [3.05, 3.63) is 64.1 Å². The van der Waals surface area contributed by atoms with Gasteiger partial charge in [-0.1, -0.05) is 0 Å². The molecule has 4 rings (SSSR count). The van der Waals surface area contributed by atoms with E-state index in [-0.39, 0.29) is 5.69 Å². The topological polar surface area (TPSA) is 60.9 Å². The molecule has 0 unspecified atom stereocenters. The zero-order chi connectivity index (χ0) is 19.2. The van der Waals surface area contributed by atoms with Gasteiger partial charge in [-0.05, 0) is 30.3 Å². The SMILES string of the molecule is Cn1nccc1CN1CCn2c(nn(-c3ccc(C(F)(F)F)cc3)c2=O)C1. The van der Waals surface area contributed by atoms with Gasteiger partial charge in [-0.2, -0.15) is 23.0 Å². The third kappa shape index (κ3) is 3.27. The minimum Gasteiger partial charge on any atom is -0.288 e. The molecule has 27 heavy (non-hydrogen) atoms. The number of rotatable bonds is 3. The fourth-order valence-corrected chi connectivity index (χ4v) is 3.18. The Hall–Kier alpha value is -2.88. The summed E-state index contributed by atoms with van der Waals surface area (Å²) >= 11 is 0. The van der Waals surface area contributed by atoms with Crippen molar-refractivity contribution in [2.24, 2.45) is 7.05 Å². The monoisotopic (exact) mass is 378 g/mol. The molecule has 1 aliphatic heterocycles. The predicted molar refractivity (Wildman–Crippen MR) is 90.1 cm³/mol. The van der Waals surface area contributed by atoms with Crippen LogP contribution in [-0.2, 0) is 32.9 Å². The van der Waals surface area contributed by atoms with Crippen LogP contribution < -0.4 is 5.69 Å². The van der Waals surface area contributed by atoms with Crippen molar-refractivity contribution < 1.29 is 13.2 Å². The lowest BCUT2D eigenvalue weighted by atomic mass is 10.2. The molecule has 0 atom stereocenters. The average Bonchev–Trinajstić information content (AvgIpc) is 3.18. The molecule has 7 nitrogen and oxygen atoms in total. The van der Waals surface area contributed by atoms with Gasteiger partial charge in [-0.25, -0.2) is 4.79 Å². The van der Waals surface area contributed by atoms with Crippen molar-refractivity contribution in [2.75, 3.05) is 6.54 Å². The van der Waals surface area contributed by atoms with Gasteiger partial charge in [-0.15, -0.1) is 5.10 Å². The normalized spacial score (nSPS) is 15.1. The zero-order valence-electron chi connectivity index (χ0n) is 14.5. The van der Waals surface area contributed by atoms with Crippen molar-refractivity contribution in [2.45, 2.75) is 25.8 Å². The van der Waals surface area contributed by atoms with E-state index in [1.54, 1.807) is 15.4 Å². The van der Waals surface area contributed by atoms with E-state index in [1.165, 1.54) is 12.1 Å². The van der Waals surface area contributed by atoms with Crippen molar-refractivity contribution >= 4 is 0 Å². The molecule has 142 valence electrons. The average molecular weight is 378 g/mol. The maximum Gasteiger partial charge on any atom is 0.416 e. The second-order valence-electron chi connectivity index (χ2n) is 6.46. The summed E-state index contributed by atoms with van der Waals surface area (Å²) in [6, 6.07) is 6.36. The van der Waals surface area contributed by atoms with E-state index in [1.807, 2.05) is 13.1 Å². The van der Waals surface area contributed by atoms with Crippen LogP contribution in [0.1, 0.15) is 17.1 Å². The summed E-state index contributed by atoms with van der Waals surface area (Å²) in [5.74, 6) is 0.591. The number of hydrogen-bond acceptors (Lipinski definition) is 4. The first-order valence-corrected chi connectivity index (χ1v) is 8.38. The minimum atomic E-state index is -4.41. The lowest BCUT2D eigenvalue weighted by molar-refractivity contribution is -0.137. The van der Waals surface area contributed by atoms with Gasteiger partial charge in [-0.3, -0.25) is 14.1 Å². The molecule has 1 aliphatic rings. The van der Waals surface area contributed by atoms with Crippen LogP contribution in [0, 0.1) is 0 Å². The predicted octanol–water partition coefficient (Wildman–Crippen LogP) is 1.80. The molecule has 3 heterocycles. The first-order chi connectivity index (χ1) is 12.8. The number of alkyl halides is 3. The fraction of sp³-hybridized carbons (Fsp3) is 0.353. The Kier molecular flexibility index (Phi) is 4.14. The first kappa shape index (κ1) is 17.5. The van der Waals surface area contributed by atoms with Crippen LogP contribution in [0.5, 0.6) is 0 Å². The highest BCUT2D eigenvalue weighted by atomic mass is 19.4. The Bertz CT molecular complexity index is 1010. The Morgan fingerprint density at radius 3 is 2.48 bits per heavy atom. The molecule has 2 aromatic heterocycles. The fourth-order valence-electron chi connectivity index (χ4n) is 3.18. The molecule has 0 amide bonds. The number of benzene rings is 1. The van der Waals surface area contributed by atoms with Gasteiger partial charge >= 0.3 is 11.9 Å². The van der Waals surface area contributed by atoms with Gasteiger partial charge < -0.3 is 0 Å². The van der Waals surface area contributed by atoms with Crippen molar-refractivity contribution in [3.63, 3.8) is 0 Å². The molecular weight excluding hydrogens is 361 g/mol. The molecule has 0 spiro atoms. The van der Waals surface area contributed by atoms with Gasteiger partial charge in [0.2, 0.25) is 0 Å². The smallest absolute Gasteiger partial charge is 0.288 e. The molecule has 0 N–H and O–H groups in total. The van der Waals surface area contributed by atoms with E-state index in [2.05, 4.69) is 15.1 Å². The molecule has 0 radical (unpaired) electrons. The van der Waals surface area contributed by atoms with Crippen LogP contribution in [0.15, 0.2) is 41.3 Å². The van der Waals surface area contributed by atoms with E-state index in [9.17, 15) is 18.0 Å². The van der Waals surface area contributed by atoms with Gasteiger partial charge in [0, 0.05) is 32.9 Å². The number of hydrogen-bond donors (Lipinski definition) is 0. The van der Waals surface area contributed by atoms with Gasteiger partial charge in [0.05, 0.1) is 23.5 Å². The first-order valence-electron chi connectivity index (χ1n) is 8.38.